The van der Waals surface area contributed by atoms with Crippen molar-refractivity contribution in [2.45, 2.75) is 38.6 Å². The quantitative estimate of drug-likeness (QED) is 0.882. The van der Waals surface area contributed by atoms with E-state index >= 15 is 0 Å². The zero-order valence-electron chi connectivity index (χ0n) is 11.8. The van der Waals surface area contributed by atoms with Crippen LogP contribution in [-0.4, -0.2) is 26.5 Å². The van der Waals surface area contributed by atoms with Crippen molar-refractivity contribution >= 4 is 23.2 Å². The largest absolute Gasteiger partial charge is 0.364 e. The Morgan fingerprint density at radius 3 is 2.76 bits per heavy atom. The summed E-state index contributed by atoms with van der Waals surface area (Å²) in [7, 11) is 0. The summed E-state index contributed by atoms with van der Waals surface area (Å²) in [4.78, 5) is 16.1. The fourth-order valence-electron chi connectivity index (χ4n) is 1.81. The number of carbonyl (C=O) groups excluding carboxylic acids is 1. The summed E-state index contributed by atoms with van der Waals surface area (Å²) in [5.41, 5.74) is 0.0241. The molecule has 2 aromatic heterocycles. The normalized spacial score (nSPS) is 13.4. The van der Waals surface area contributed by atoms with Gasteiger partial charge in [0.05, 0.1) is 0 Å². The van der Waals surface area contributed by atoms with Crippen LogP contribution in [0.25, 0.3) is 5.65 Å². The Labute approximate surface area is 125 Å². The lowest BCUT2D eigenvalue weighted by atomic mass is 10.2. The first-order chi connectivity index (χ1) is 9.72. The standard InChI is InChI=1S/C13H15ClF2N4O/c1-4-7(2)18-12(21)9-6-11-17-8(3)5-10(13(14,15)16)20(11)19-9/h5-7H,4H2,1-3H3,(H,18,21). The molecular formula is C13H15ClF2N4O. The molecule has 2 rings (SSSR count). The predicted octanol–water partition coefficient (Wildman–Crippen LogP) is 2.85. The smallest absolute Gasteiger partial charge is 0.348 e. The summed E-state index contributed by atoms with van der Waals surface area (Å²) in [6, 6.07) is 2.46. The SMILES string of the molecule is CCC(C)NC(=O)c1cc2nc(C)cc(C(F)(F)Cl)n2n1. The lowest BCUT2D eigenvalue weighted by Crippen LogP contribution is -2.32. The fraction of sp³-hybridized carbons (Fsp3) is 0.462. The summed E-state index contributed by atoms with van der Waals surface area (Å²) in [5.74, 6) is -0.434. The first-order valence-electron chi connectivity index (χ1n) is 6.48. The number of rotatable bonds is 4. The van der Waals surface area contributed by atoms with E-state index in [4.69, 9.17) is 11.6 Å². The Morgan fingerprint density at radius 1 is 1.52 bits per heavy atom. The van der Waals surface area contributed by atoms with Gasteiger partial charge in [0.2, 0.25) is 0 Å². The molecule has 0 spiro atoms. The molecule has 1 N–H and O–H groups in total. The molecule has 2 aromatic rings. The van der Waals surface area contributed by atoms with Gasteiger partial charge < -0.3 is 5.32 Å². The molecule has 0 aliphatic heterocycles. The predicted molar refractivity (Wildman–Crippen MR) is 74.7 cm³/mol. The molecular weight excluding hydrogens is 302 g/mol. The van der Waals surface area contributed by atoms with Gasteiger partial charge in [0.25, 0.3) is 5.91 Å². The monoisotopic (exact) mass is 316 g/mol. The summed E-state index contributed by atoms with van der Waals surface area (Å²) < 4.78 is 27.7. The van der Waals surface area contributed by atoms with Crippen LogP contribution in [0.15, 0.2) is 12.1 Å². The van der Waals surface area contributed by atoms with Crippen LogP contribution in [0.4, 0.5) is 8.78 Å². The zero-order valence-corrected chi connectivity index (χ0v) is 12.6. The molecule has 0 aromatic carbocycles. The van der Waals surface area contributed by atoms with Gasteiger partial charge in [-0.3, -0.25) is 4.79 Å². The van der Waals surface area contributed by atoms with Gasteiger partial charge in [-0.15, -0.1) is 0 Å². The number of nitrogens with one attached hydrogen (secondary N) is 1. The minimum absolute atomic E-state index is 0.0237. The number of fused-ring (bicyclic) bond motifs is 1. The molecule has 0 radical (unpaired) electrons. The summed E-state index contributed by atoms with van der Waals surface area (Å²) in [5, 5.41) is 3.01. The van der Waals surface area contributed by atoms with E-state index < -0.39 is 17.0 Å². The second-order valence-electron chi connectivity index (χ2n) is 4.86. The van der Waals surface area contributed by atoms with E-state index in [1.807, 2.05) is 13.8 Å². The van der Waals surface area contributed by atoms with E-state index in [1.165, 1.54) is 6.07 Å². The third kappa shape index (κ3) is 3.29. The van der Waals surface area contributed by atoms with Crippen LogP contribution >= 0.6 is 11.6 Å². The maximum Gasteiger partial charge on any atom is 0.364 e. The van der Waals surface area contributed by atoms with Crippen molar-refractivity contribution in [1.82, 2.24) is 19.9 Å². The van der Waals surface area contributed by atoms with Crippen molar-refractivity contribution in [3.63, 3.8) is 0 Å². The van der Waals surface area contributed by atoms with E-state index in [-0.39, 0.29) is 17.4 Å². The van der Waals surface area contributed by atoms with Crippen LogP contribution in [0.5, 0.6) is 0 Å². The van der Waals surface area contributed by atoms with Crippen molar-refractivity contribution in [3.8, 4) is 0 Å². The van der Waals surface area contributed by atoms with Gasteiger partial charge in [-0.2, -0.15) is 13.9 Å². The third-order valence-electron chi connectivity index (χ3n) is 3.07. The van der Waals surface area contributed by atoms with Crippen LogP contribution in [0.2, 0.25) is 0 Å². The molecule has 0 fully saturated rings. The number of hydrogen-bond donors (Lipinski definition) is 1. The minimum atomic E-state index is -3.59. The third-order valence-corrected chi connectivity index (χ3v) is 3.26. The van der Waals surface area contributed by atoms with Gasteiger partial charge in [-0.05, 0) is 37.9 Å². The molecule has 5 nitrogen and oxygen atoms in total. The number of amides is 1. The molecule has 0 aliphatic rings. The van der Waals surface area contributed by atoms with E-state index in [0.717, 1.165) is 17.0 Å². The van der Waals surface area contributed by atoms with Crippen molar-refractivity contribution in [1.29, 1.82) is 0 Å². The van der Waals surface area contributed by atoms with E-state index in [9.17, 15) is 13.6 Å². The Balaban J connectivity index is 2.49. The van der Waals surface area contributed by atoms with Gasteiger partial charge in [0.1, 0.15) is 5.69 Å². The maximum absolute atomic E-state index is 13.4. The van der Waals surface area contributed by atoms with Crippen molar-refractivity contribution < 1.29 is 13.6 Å². The lowest BCUT2D eigenvalue weighted by molar-refractivity contribution is 0.0863. The van der Waals surface area contributed by atoms with Crippen molar-refractivity contribution in [2.75, 3.05) is 0 Å². The number of aromatic nitrogens is 3. The van der Waals surface area contributed by atoms with Gasteiger partial charge in [-0.1, -0.05) is 6.92 Å². The molecule has 114 valence electrons. The highest BCUT2D eigenvalue weighted by Gasteiger charge is 2.32. The van der Waals surface area contributed by atoms with E-state index in [1.54, 1.807) is 6.92 Å². The average molecular weight is 317 g/mol. The van der Waals surface area contributed by atoms with Gasteiger partial charge in [0.15, 0.2) is 11.3 Å². The van der Waals surface area contributed by atoms with E-state index in [2.05, 4.69) is 15.4 Å². The maximum atomic E-state index is 13.4. The van der Waals surface area contributed by atoms with Gasteiger partial charge in [-0.25, -0.2) is 9.50 Å². The van der Waals surface area contributed by atoms with Crippen LogP contribution < -0.4 is 5.32 Å². The van der Waals surface area contributed by atoms with Crippen LogP contribution in [-0.2, 0) is 5.38 Å². The molecule has 8 heteroatoms. The topological polar surface area (TPSA) is 59.3 Å². The number of hydrogen-bond acceptors (Lipinski definition) is 3. The van der Waals surface area contributed by atoms with Crippen molar-refractivity contribution in [2.24, 2.45) is 0 Å². The number of aryl methyl sites for hydroxylation is 1. The first-order valence-corrected chi connectivity index (χ1v) is 6.85. The van der Waals surface area contributed by atoms with Crippen LogP contribution in [0.1, 0.15) is 42.1 Å². The summed E-state index contributed by atoms with van der Waals surface area (Å²) in [6.45, 7) is 5.33. The van der Waals surface area contributed by atoms with Crippen LogP contribution in [0, 0.1) is 6.92 Å². The molecule has 2 heterocycles. The second kappa shape index (κ2) is 5.55. The van der Waals surface area contributed by atoms with Crippen LogP contribution in [0.3, 0.4) is 0 Å². The Kier molecular flexibility index (Phi) is 4.13. The fourth-order valence-corrected chi connectivity index (χ4v) is 1.95. The summed E-state index contributed by atoms with van der Waals surface area (Å²) in [6.07, 6.45) is 0.751. The van der Waals surface area contributed by atoms with E-state index in [0.29, 0.717) is 5.69 Å². The second-order valence-corrected chi connectivity index (χ2v) is 5.34. The minimum Gasteiger partial charge on any atom is -0.348 e. The highest BCUT2D eigenvalue weighted by atomic mass is 35.5. The molecule has 1 unspecified atom stereocenters. The highest BCUT2D eigenvalue weighted by molar-refractivity contribution is 6.21. The Hall–Kier alpha value is -1.76. The number of nitrogens with zero attached hydrogens (tertiary/aromatic N) is 3. The molecule has 1 atom stereocenters. The molecule has 0 saturated carbocycles. The van der Waals surface area contributed by atoms with Gasteiger partial charge in [0, 0.05) is 17.8 Å². The zero-order chi connectivity index (χ0) is 15.8. The van der Waals surface area contributed by atoms with Crippen molar-refractivity contribution in [3.05, 3.63) is 29.2 Å². The number of carbonyl (C=O) groups is 1. The molecule has 0 bridgehead atoms. The Bertz CT molecular complexity index is 681. The highest BCUT2D eigenvalue weighted by Crippen LogP contribution is 2.32. The number of alkyl halides is 3. The first kappa shape index (κ1) is 15.6. The number of halogens is 3. The van der Waals surface area contributed by atoms with Gasteiger partial charge >= 0.3 is 5.38 Å². The lowest BCUT2D eigenvalue weighted by Gasteiger charge is -2.10. The average Bonchev–Trinajstić information content (AvgIpc) is 2.79. The summed E-state index contributed by atoms with van der Waals surface area (Å²) >= 11 is 5.08. The molecule has 0 aliphatic carbocycles. The molecule has 1 amide bonds. The molecule has 0 saturated heterocycles. The Morgan fingerprint density at radius 2 is 2.19 bits per heavy atom. The molecule has 21 heavy (non-hydrogen) atoms.